The van der Waals surface area contributed by atoms with Gasteiger partial charge in [-0.15, -0.1) is 0 Å². The molecule has 7 heteroatoms. The van der Waals surface area contributed by atoms with E-state index in [1.807, 2.05) is 24.3 Å². The van der Waals surface area contributed by atoms with Crippen molar-refractivity contribution >= 4 is 33.5 Å². The quantitative estimate of drug-likeness (QED) is 0.520. The first kappa shape index (κ1) is 19.4. The highest BCUT2D eigenvalue weighted by molar-refractivity contribution is 6.12. The molecular weight excluding hydrogens is 382 g/mol. The molecule has 0 unspecified atom stereocenters. The molecule has 0 saturated carbocycles. The van der Waals surface area contributed by atoms with Gasteiger partial charge in [-0.3, -0.25) is 19.0 Å². The molecule has 0 saturated heterocycles. The number of nitrogens with zero attached hydrogens (tertiary/aromatic N) is 2. The van der Waals surface area contributed by atoms with Crippen LogP contribution >= 0.6 is 0 Å². The number of aryl methyl sites for hydroxylation is 1. The maximum atomic E-state index is 13.6. The van der Waals surface area contributed by atoms with Gasteiger partial charge in [0, 0.05) is 25.0 Å². The van der Waals surface area contributed by atoms with E-state index in [0.29, 0.717) is 16.6 Å². The molecular formula is C23H21N3O4. The fraction of sp³-hybridized carbons (Fsp3) is 0.174. The summed E-state index contributed by atoms with van der Waals surface area (Å²) >= 11 is 0. The molecule has 0 bridgehead atoms. The highest BCUT2D eigenvalue weighted by Gasteiger charge is 2.27. The average Bonchev–Trinajstić information content (AvgIpc) is 3.09. The molecule has 0 aliphatic heterocycles. The molecule has 0 radical (unpaired) electrons. The third kappa shape index (κ3) is 2.86. The molecule has 0 atom stereocenters. The lowest BCUT2D eigenvalue weighted by Crippen LogP contribution is -2.25. The Morgan fingerprint density at radius 3 is 2.37 bits per heavy atom. The molecule has 0 fully saturated rings. The zero-order valence-electron chi connectivity index (χ0n) is 16.9. The van der Waals surface area contributed by atoms with E-state index < -0.39 is 0 Å². The number of aromatic nitrogens is 2. The highest BCUT2D eigenvalue weighted by atomic mass is 16.5. The topological polar surface area (TPSA) is 82.3 Å². The van der Waals surface area contributed by atoms with Gasteiger partial charge in [-0.05, 0) is 6.07 Å². The van der Waals surface area contributed by atoms with Crippen molar-refractivity contribution in [2.45, 2.75) is 6.54 Å². The summed E-state index contributed by atoms with van der Waals surface area (Å²) in [6.07, 6.45) is 0. The van der Waals surface area contributed by atoms with Crippen molar-refractivity contribution in [2.24, 2.45) is 7.05 Å². The van der Waals surface area contributed by atoms with Gasteiger partial charge in [0.1, 0.15) is 5.39 Å². The molecule has 2 heterocycles. The first-order valence-corrected chi connectivity index (χ1v) is 9.47. The van der Waals surface area contributed by atoms with E-state index in [2.05, 4.69) is 5.32 Å². The molecule has 152 valence electrons. The monoisotopic (exact) mass is 403 g/mol. The molecule has 7 nitrogen and oxygen atoms in total. The number of hydrogen-bond donors (Lipinski definition) is 1. The zero-order chi connectivity index (χ0) is 21.4. The fourth-order valence-corrected chi connectivity index (χ4v) is 3.91. The zero-order valence-corrected chi connectivity index (χ0v) is 16.9. The van der Waals surface area contributed by atoms with Crippen LogP contribution in [-0.4, -0.2) is 35.0 Å². The summed E-state index contributed by atoms with van der Waals surface area (Å²) in [6, 6.07) is 16.2. The molecule has 2 aromatic carbocycles. The number of carbonyl (C=O) groups excluding carboxylic acids is 2. The number of ether oxygens (including phenoxy) is 1. The Labute approximate surface area is 172 Å². The van der Waals surface area contributed by atoms with E-state index >= 15 is 0 Å². The van der Waals surface area contributed by atoms with E-state index in [0.717, 1.165) is 5.39 Å². The van der Waals surface area contributed by atoms with E-state index in [1.54, 1.807) is 41.9 Å². The summed E-state index contributed by atoms with van der Waals surface area (Å²) in [5.41, 5.74) is 1.61. The number of rotatable bonds is 5. The van der Waals surface area contributed by atoms with Crippen molar-refractivity contribution in [2.75, 3.05) is 14.2 Å². The number of fused-ring (bicyclic) bond motifs is 3. The third-order valence-electron chi connectivity index (χ3n) is 5.30. The number of ketones is 1. The lowest BCUT2D eigenvalue weighted by atomic mass is 10.1. The van der Waals surface area contributed by atoms with Crippen LogP contribution in [0.4, 0.5) is 0 Å². The number of carbonyl (C=O) groups is 2. The van der Waals surface area contributed by atoms with Gasteiger partial charge in [0.15, 0.2) is 17.2 Å². The minimum absolute atomic E-state index is 0.118. The Morgan fingerprint density at radius 1 is 1.03 bits per heavy atom. The summed E-state index contributed by atoms with van der Waals surface area (Å²) in [6.45, 7) is -0.118. The van der Waals surface area contributed by atoms with Gasteiger partial charge < -0.3 is 14.6 Å². The number of benzene rings is 2. The van der Waals surface area contributed by atoms with Gasteiger partial charge in [0.2, 0.25) is 0 Å². The normalized spacial score (nSPS) is 11.0. The van der Waals surface area contributed by atoms with Crippen molar-refractivity contribution in [1.29, 1.82) is 0 Å². The van der Waals surface area contributed by atoms with Gasteiger partial charge in [-0.25, -0.2) is 0 Å². The lowest BCUT2D eigenvalue weighted by Gasteiger charge is -2.12. The Hall–Kier alpha value is -3.87. The van der Waals surface area contributed by atoms with Gasteiger partial charge >= 0.3 is 0 Å². The van der Waals surface area contributed by atoms with Crippen LogP contribution in [0.5, 0.6) is 5.75 Å². The average molecular weight is 403 g/mol. The van der Waals surface area contributed by atoms with Gasteiger partial charge in [-0.2, -0.15) is 0 Å². The van der Waals surface area contributed by atoms with Gasteiger partial charge in [0.25, 0.3) is 11.5 Å². The molecule has 30 heavy (non-hydrogen) atoms. The van der Waals surface area contributed by atoms with E-state index in [9.17, 15) is 14.4 Å². The van der Waals surface area contributed by atoms with Crippen LogP contribution in [0.2, 0.25) is 0 Å². The number of nitrogens with one attached hydrogen (secondary N) is 1. The first-order chi connectivity index (χ1) is 14.5. The Morgan fingerprint density at radius 2 is 1.70 bits per heavy atom. The smallest absolute Gasteiger partial charge is 0.271 e. The number of pyridine rings is 1. The largest absolute Gasteiger partial charge is 0.493 e. The highest BCUT2D eigenvalue weighted by Crippen LogP contribution is 2.34. The second-order valence-corrected chi connectivity index (χ2v) is 6.94. The van der Waals surface area contributed by atoms with Crippen LogP contribution in [0.25, 0.3) is 21.8 Å². The minimum Gasteiger partial charge on any atom is -0.493 e. The summed E-state index contributed by atoms with van der Waals surface area (Å²) in [5.74, 6) is -0.340. The maximum absolute atomic E-state index is 13.6. The summed E-state index contributed by atoms with van der Waals surface area (Å²) in [5, 5.41) is 3.62. The molecule has 0 spiro atoms. The fourth-order valence-electron chi connectivity index (χ4n) is 3.91. The number of amides is 1. The number of methoxy groups -OCH3 is 1. The van der Waals surface area contributed by atoms with Gasteiger partial charge in [-0.1, -0.05) is 48.5 Å². The number of para-hydroxylation sites is 1. The van der Waals surface area contributed by atoms with E-state index in [-0.39, 0.29) is 40.6 Å². The van der Waals surface area contributed by atoms with Crippen LogP contribution in [0.15, 0.2) is 59.4 Å². The first-order valence-electron chi connectivity index (χ1n) is 9.47. The SMILES string of the molecule is CNC(=O)c1c(OC)c2c(=O)n(CC(=O)c3ccccc3)c3ccccc3c2n1C. The predicted octanol–water partition coefficient (Wildman–Crippen LogP) is 2.74. The Kier molecular flexibility index (Phi) is 4.87. The van der Waals surface area contributed by atoms with Crippen molar-refractivity contribution < 1.29 is 14.3 Å². The van der Waals surface area contributed by atoms with Crippen LogP contribution in [0.1, 0.15) is 20.8 Å². The van der Waals surface area contributed by atoms with Crippen LogP contribution in [0.3, 0.4) is 0 Å². The second kappa shape index (κ2) is 7.51. The van der Waals surface area contributed by atoms with Crippen molar-refractivity contribution in [1.82, 2.24) is 14.5 Å². The van der Waals surface area contributed by atoms with Crippen LogP contribution < -0.4 is 15.6 Å². The molecule has 4 aromatic rings. The van der Waals surface area contributed by atoms with E-state index in [4.69, 9.17) is 4.74 Å². The number of hydrogen-bond acceptors (Lipinski definition) is 4. The molecule has 4 rings (SSSR count). The molecule has 2 aromatic heterocycles. The number of Topliss-reactive ketones (excluding diaryl/α,β-unsaturated/α-hetero) is 1. The Bertz CT molecular complexity index is 1350. The Balaban J connectivity index is 2.06. The summed E-state index contributed by atoms with van der Waals surface area (Å²) in [7, 11) is 4.67. The van der Waals surface area contributed by atoms with Crippen molar-refractivity contribution in [3.8, 4) is 5.75 Å². The second-order valence-electron chi connectivity index (χ2n) is 6.94. The molecule has 0 aliphatic rings. The van der Waals surface area contributed by atoms with Gasteiger partial charge in [0.05, 0.1) is 24.7 Å². The lowest BCUT2D eigenvalue weighted by molar-refractivity contribution is 0.0949. The molecule has 0 aliphatic carbocycles. The van der Waals surface area contributed by atoms with Crippen molar-refractivity contribution in [3.05, 3.63) is 76.2 Å². The minimum atomic E-state index is -0.379. The van der Waals surface area contributed by atoms with Crippen LogP contribution in [0, 0.1) is 0 Å². The maximum Gasteiger partial charge on any atom is 0.271 e. The van der Waals surface area contributed by atoms with Crippen LogP contribution in [-0.2, 0) is 13.6 Å². The summed E-state index contributed by atoms with van der Waals surface area (Å²) < 4.78 is 8.61. The standard InChI is InChI=1S/C23H21N3O4/c1-24-22(28)20-21(30-3)18-19(25(20)2)15-11-7-8-12-16(15)26(23(18)29)13-17(27)14-9-5-4-6-10-14/h4-12H,13H2,1-3H3,(H,24,28). The van der Waals surface area contributed by atoms with E-state index in [1.165, 1.54) is 18.7 Å². The molecule has 1 amide bonds. The third-order valence-corrected chi connectivity index (χ3v) is 5.30. The summed E-state index contributed by atoms with van der Waals surface area (Å²) in [4.78, 5) is 38.9. The predicted molar refractivity (Wildman–Crippen MR) is 115 cm³/mol. The van der Waals surface area contributed by atoms with Crippen molar-refractivity contribution in [3.63, 3.8) is 0 Å². The molecule has 1 N–H and O–H groups in total.